The second kappa shape index (κ2) is 5.63. The number of hydrogen-bond acceptors (Lipinski definition) is 5. The minimum absolute atomic E-state index is 0.186. The molecule has 1 N–H and O–H groups in total. The number of furan rings is 1. The van der Waals surface area contributed by atoms with Crippen molar-refractivity contribution in [3.05, 3.63) is 34.3 Å². The molecule has 0 bridgehead atoms. The van der Waals surface area contributed by atoms with Gasteiger partial charge in [0, 0.05) is 13.0 Å². The second-order valence-corrected chi connectivity index (χ2v) is 6.15. The van der Waals surface area contributed by atoms with Crippen LogP contribution in [0.5, 0.6) is 0 Å². The quantitative estimate of drug-likeness (QED) is 0.915. The number of amides is 1. The number of rotatable bonds is 3. The van der Waals surface area contributed by atoms with Crippen LogP contribution in [-0.4, -0.2) is 16.0 Å². The molecule has 0 aliphatic heterocycles. The number of nitrogens with one attached hydrogen (secondary N) is 1. The maximum atomic E-state index is 12.4. The highest BCUT2D eigenvalue weighted by Gasteiger charge is 2.40. The number of carbonyl (C=O) groups is 1. The van der Waals surface area contributed by atoms with Gasteiger partial charge >= 0.3 is 0 Å². The number of aromatic nitrogens is 2. The summed E-state index contributed by atoms with van der Waals surface area (Å²) >= 11 is 3.20. The lowest BCUT2D eigenvalue weighted by molar-refractivity contribution is 0.0854. The van der Waals surface area contributed by atoms with E-state index in [0.717, 1.165) is 32.1 Å². The SMILES string of the molecule is Cc1nc(C2(NC(=O)c3coc(Br)c3)CCCCC2)no1. The number of carbonyl (C=O) groups excluding carboxylic acids is 1. The van der Waals surface area contributed by atoms with E-state index in [4.69, 9.17) is 8.94 Å². The largest absolute Gasteiger partial charge is 0.457 e. The van der Waals surface area contributed by atoms with Gasteiger partial charge in [-0.3, -0.25) is 4.79 Å². The van der Waals surface area contributed by atoms with Crippen LogP contribution in [-0.2, 0) is 5.54 Å². The Morgan fingerprint density at radius 3 is 2.71 bits per heavy atom. The molecule has 1 saturated carbocycles. The van der Waals surface area contributed by atoms with Gasteiger partial charge in [-0.1, -0.05) is 24.4 Å². The summed E-state index contributed by atoms with van der Waals surface area (Å²) in [6.07, 6.45) is 6.28. The standard InChI is InChI=1S/C14H16BrN3O3/c1-9-16-13(18-21-9)14(5-3-2-4-6-14)17-12(19)10-7-11(15)20-8-10/h7-8H,2-6H2,1H3,(H,17,19). The zero-order valence-electron chi connectivity index (χ0n) is 11.7. The molecule has 0 saturated heterocycles. The Balaban J connectivity index is 1.87. The Labute approximate surface area is 130 Å². The van der Waals surface area contributed by atoms with Gasteiger partial charge in [0.1, 0.15) is 11.8 Å². The molecule has 2 aromatic heterocycles. The molecule has 0 aromatic carbocycles. The van der Waals surface area contributed by atoms with Gasteiger partial charge in [-0.25, -0.2) is 0 Å². The van der Waals surface area contributed by atoms with E-state index in [0.29, 0.717) is 21.9 Å². The fourth-order valence-electron chi connectivity index (χ4n) is 2.77. The molecular formula is C14H16BrN3O3. The van der Waals surface area contributed by atoms with Crippen molar-refractivity contribution >= 4 is 21.8 Å². The van der Waals surface area contributed by atoms with Gasteiger partial charge in [0.25, 0.3) is 5.91 Å². The Morgan fingerprint density at radius 2 is 2.14 bits per heavy atom. The first-order valence-electron chi connectivity index (χ1n) is 6.96. The molecule has 112 valence electrons. The molecule has 6 nitrogen and oxygen atoms in total. The molecule has 21 heavy (non-hydrogen) atoms. The lowest BCUT2D eigenvalue weighted by atomic mass is 9.81. The highest BCUT2D eigenvalue weighted by atomic mass is 79.9. The number of hydrogen-bond donors (Lipinski definition) is 1. The number of aryl methyl sites for hydroxylation is 1. The topological polar surface area (TPSA) is 81.2 Å². The maximum Gasteiger partial charge on any atom is 0.255 e. The molecule has 1 aliphatic carbocycles. The summed E-state index contributed by atoms with van der Waals surface area (Å²) in [5, 5.41) is 7.12. The van der Waals surface area contributed by atoms with Crippen LogP contribution in [0.25, 0.3) is 0 Å². The lowest BCUT2D eigenvalue weighted by Crippen LogP contribution is -2.48. The smallest absolute Gasteiger partial charge is 0.255 e. The normalized spacial score (nSPS) is 17.6. The third-order valence-electron chi connectivity index (χ3n) is 3.85. The summed E-state index contributed by atoms with van der Waals surface area (Å²) in [6, 6.07) is 1.65. The first kappa shape index (κ1) is 14.3. The van der Waals surface area contributed by atoms with Crippen molar-refractivity contribution in [2.75, 3.05) is 0 Å². The van der Waals surface area contributed by atoms with E-state index in [2.05, 4.69) is 31.4 Å². The molecule has 0 radical (unpaired) electrons. The molecule has 0 atom stereocenters. The van der Waals surface area contributed by atoms with E-state index in [9.17, 15) is 4.79 Å². The van der Waals surface area contributed by atoms with Gasteiger partial charge in [-0.15, -0.1) is 0 Å². The van der Waals surface area contributed by atoms with Crippen molar-refractivity contribution in [3.8, 4) is 0 Å². The fourth-order valence-corrected chi connectivity index (χ4v) is 3.11. The Hall–Kier alpha value is -1.63. The Morgan fingerprint density at radius 1 is 1.38 bits per heavy atom. The fraction of sp³-hybridized carbons (Fsp3) is 0.500. The minimum atomic E-state index is -0.545. The van der Waals surface area contributed by atoms with Gasteiger partial charge < -0.3 is 14.3 Å². The van der Waals surface area contributed by atoms with Gasteiger partial charge in [-0.05, 0) is 28.8 Å². The van der Waals surface area contributed by atoms with Crippen molar-refractivity contribution in [3.63, 3.8) is 0 Å². The second-order valence-electron chi connectivity index (χ2n) is 5.37. The minimum Gasteiger partial charge on any atom is -0.457 e. The Bertz CT molecular complexity index is 643. The van der Waals surface area contributed by atoms with Crippen LogP contribution in [0, 0.1) is 6.92 Å². The van der Waals surface area contributed by atoms with Crippen LogP contribution < -0.4 is 5.32 Å². The summed E-state index contributed by atoms with van der Waals surface area (Å²) in [5.74, 6) is 0.889. The average Bonchev–Trinajstić information content (AvgIpc) is 3.09. The van der Waals surface area contributed by atoms with E-state index in [1.807, 2.05) is 0 Å². The van der Waals surface area contributed by atoms with E-state index in [1.165, 1.54) is 6.26 Å². The molecule has 1 fully saturated rings. The van der Waals surface area contributed by atoms with Gasteiger partial charge in [0.15, 0.2) is 10.5 Å². The monoisotopic (exact) mass is 353 g/mol. The molecule has 1 aliphatic rings. The average molecular weight is 354 g/mol. The van der Waals surface area contributed by atoms with Crippen molar-refractivity contribution in [2.24, 2.45) is 0 Å². The third-order valence-corrected chi connectivity index (χ3v) is 4.26. The maximum absolute atomic E-state index is 12.4. The summed E-state index contributed by atoms with van der Waals surface area (Å²) in [6.45, 7) is 1.75. The molecule has 2 aromatic rings. The molecular weight excluding hydrogens is 338 g/mol. The summed E-state index contributed by atoms with van der Waals surface area (Å²) in [7, 11) is 0. The van der Waals surface area contributed by atoms with Crippen LogP contribution >= 0.6 is 15.9 Å². The highest BCUT2D eigenvalue weighted by molar-refractivity contribution is 9.10. The molecule has 0 unspecified atom stereocenters. The Kier molecular flexibility index (Phi) is 3.84. The number of nitrogens with zero attached hydrogens (tertiary/aromatic N) is 2. The van der Waals surface area contributed by atoms with Crippen molar-refractivity contribution in [2.45, 2.75) is 44.6 Å². The zero-order chi connectivity index (χ0) is 14.9. The van der Waals surface area contributed by atoms with E-state index >= 15 is 0 Å². The van der Waals surface area contributed by atoms with Crippen molar-refractivity contribution in [1.82, 2.24) is 15.5 Å². The van der Waals surface area contributed by atoms with Gasteiger partial charge in [0.2, 0.25) is 5.89 Å². The van der Waals surface area contributed by atoms with Crippen LogP contribution in [0.1, 0.15) is 54.2 Å². The van der Waals surface area contributed by atoms with Gasteiger partial charge in [0.05, 0.1) is 5.56 Å². The van der Waals surface area contributed by atoms with E-state index in [1.54, 1.807) is 13.0 Å². The van der Waals surface area contributed by atoms with E-state index in [-0.39, 0.29) is 5.91 Å². The predicted molar refractivity (Wildman–Crippen MR) is 77.7 cm³/mol. The van der Waals surface area contributed by atoms with Crippen LogP contribution in [0.4, 0.5) is 0 Å². The molecule has 3 rings (SSSR count). The molecule has 7 heteroatoms. The van der Waals surface area contributed by atoms with Gasteiger partial charge in [-0.2, -0.15) is 4.98 Å². The van der Waals surface area contributed by atoms with Crippen molar-refractivity contribution in [1.29, 1.82) is 0 Å². The molecule has 1 amide bonds. The zero-order valence-corrected chi connectivity index (χ0v) is 13.3. The van der Waals surface area contributed by atoms with Crippen LogP contribution in [0.2, 0.25) is 0 Å². The molecule has 0 spiro atoms. The molecule has 2 heterocycles. The predicted octanol–water partition coefficient (Wildman–Crippen LogP) is 3.32. The first-order chi connectivity index (χ1) is 10.1. The highest BCUT2D eigenvalue weighted by Crippen LogP contribution is 2.36. The summed E-state index contributed by atoms with van der Waals surface area (Å²) in [4.78, 5) is 16.8. The van der Waals surface area contributed by atoms with Crippen LogP contribution in [0.15, 0.2) is 25.9 Å². The van der Waals surface area contributed by atoms with Crippen LogP contribution in [0.3, 0.4) is 0 Å². The number of halogens is 1. The third kappa shape index (κ3) is 2.88. The van der Waals surface area contributed by atoms with Crippen molar-refractivity contribution < 1.29 is 13.7 Å². The van der Waals surface area contributed by atoms with E-state index < -0.39 is 5.54 Å². The first-order valence-corrected chi connectivity index (χ1v) is 7.76. The summed E-state index contributed by atoms with van der Waals surface area (Å²) < 4.78 is 10.7. The lowest BCUT2D eigenvalue weighted by Gasteiger charge is -2.35. The summed E-state index contributed by atoms with van der Waals surface area (Å²) in [5.41, 5.74) is -0.0661.